The van der Waals surface area contributed by atoms with Crippen LogP contribution in [0.3, 0.4) is 0 Å². The van der Waals surface area contributed by atoms with Crippen LogP contribution in [0.4, 0.5) is 5.13 Å². The molecule has 2 rings (SSSR count). The minimum atomic E-state index is 0.246. The van der Waals surface area contributed by atoms with Crippen LogP contribution in [0.1, 0.15) is 31.4 Å². The SMILES string of the molecule is CN(C)[C@H]1CCCN(C(=O)CCc2csc(N)n2)CC1. The molecule has 0 bridgehead atoms. The molecule has 1 aromatic heterocycles. The zero-order valence-electron chi connectivity index (χ0n) is 12.3. The molecular formula is C14H24N4OS. The molecular weight excluding hydrogens is 272 g/mol. The number of rotatable bonds is 4. The van der Waals surface area contributed by atoms with E-state index in [9.17, 15) is 4.79 Å². The Labute approximate surface area is 124 Å². The van der Waals surface area contributed by atoms with Crippen molar-refractivity contribution in [2.45, 2.75) is 38.1 Å². The number of anilines is 1. The maximum atomic E-state index is 12.3. The zero-order chi connectivity index (χ0) is 14.5. The van der Waals surface area contributed by atoms with Crippen LogP contribution in [0.2, 0.25) is 0 Å². The van der Waals surface area contributed by atoms with E-state index >= 15 is 0 Å². The Bertz CT molecular complexity index is 446. The second kappa shape index (κ2) is 7.04. The maximum Gasteiger partial charge on any atom is 0.222 e. The van der Waals surface area contributed by atoms with E-state index in [4.69, 9.17) is 5.73 Å². The fourth-order valence-corrected chi connectivity index (χ4v) is 3.27. The second-order valence-electron chi connectivity index (χ2n) is 5.61. The highest BCUT2D eigenvalue weighted by atomic mass is 32.1. The van der Waals surface area contributed by atoms with Gasteiger partial charge < -0.3 is 15.5 Å². The first-order chi connectivity index (χ1) is 9.56. The maximum absolute atomic E-state index is 12.3. The van der Waals surface area contributed by atoms with Gasteiger partial charge in [0.2, 0.25) is 5.91 Å². The number of aromatic nitrogens is 1. The molecule has 1 aliphatic rings. The van der Waals surface area contributed by atoms with Gasteiger partial charge in [0.05, 0.1) is 5.69 Å². The van der Waals surface area contributed by atoms with Crippen molar-refractivity contribution in [3.8, 4) is 0 Å². The van der Waals surface area contributed by atoms with Gasteiger partial charge in [-0.1, -0.05) is 0 Å². The lowest BCUT2D eigenvalue weighted by molar-refractivity contribution is -0.131. The number of nitrogens with zero attached hydrogens (tertiary/aromatic N) is 3. The van der Waals surface area contributed by atoms with Gasteiger partial charge in [-0.05, 0) is 39.8 Å². The van der Waals surface area contributed by atoms with Gasteiger partial charge in [-0.15, -0.1) is 11.3 Å². The number of carbonyl (C=O) groups is 1. The summed E-state index contributed by atoms with van der Waals surface area (Å²) in [6.07, 6.45) is 4.58. The van der Waals surface area contributed by atoms with E-state index in [-0.39, 0.29) is 5.91 Å². The number of hydrogen-bond acceptors (Lipinski definition) is 5. The van der Waals surface area contributed by atoms with Gasteiger partial charge in [0.1, 0.15) is 0 Å². The summed E-state index contributed by atoms with van der Waals surface area (Å²) in [5.41, 5.74) is 6.53. The first-order valence-electron chi connectivity index (χ1n) is 7.20. The Kier molecular flexibility index (Phi) is 5.37. The Balaban J connectivity index is 1.80. The number of aryl methyl sites for hydroxylation is 1. The van der Waals surface area contributed by atoms with E-state index in [0.717, 1.165) is 31.6 Å². The minimum absolute atomic E-state index is 0.246. The average Bonchev–Trinajstić information content (AvgIpc) is 2.68. The smallest absolute Gasteiger partial charge is 0.222 e. The molecule has 1 amide bonds. The molecule has 1 fully saturated rings. The number of hydrogen-bond donors (Lipinski definition) is 1. The van der Waals surface area contributed by atoms with Gasteiger partial charge in [0.15, 0.2) is 5.13 Å². The number of carbonyl (C=O) groups excluding carboxylic acids is 1. The molecule has 0 aromatic carbocycles. The second-order valence-corrected chi connectivity index (χ2v) is 6.50. The standard InChI is InChI=1S/C14H24N4OS/c1-17(2)12-4-3-8-18(9-7-12)13(19)6-5-11-10-20-14(15)16-11/h10,12H,3-9H2,1-2H3,(H2,15,16)/t12-/m0/s1. The van der Waals surface area contributed by atoms with Crippen LogP contribution >= 0.6 is 11.3 Å². The molecule has 1 aromatic rings. The zero-order valence-corrected chi connectivity index (χ0v) is 13.2. The fourth-order valence-electron chi connectivity index (χ4n) is 2.68. The van der Waals surface area contributed by atoms with Gasteiger partial charge in [-0.3, -0.25) is 4.79 Å². The van der Waals surface area contributed by atoms with Crippen molar-refractivity contribution in [3.05, 3.63) is 11.1 Å². The molecule has 1 atom stereocenters. The van der Waals surface area contributed by atoms with Crippen molar-refractivity contribution in [3.63, 3.8) is 0 Å². The van der Waals surface area contributed by atoms with Crippen LogP contribution in [-0.4, -0.2) is 53.9 Å². The first-order valence-corrected chi connectivity index (χ1v) is 8.08. The minimum Gasteiger partial charge on any atom is -0.375 e. The van der Waals surface area contributed by atoms with Gasteiger partial charge in [-0.2, -0.15) is 0 Å². The van der Waals surface area contributed by atoms with E-state index in [1.165, 1.54) is 17.8 Å². The number of nitrogen functional groups attached to an aromatic ring is 1. The van der Waals surface area contributed by atoms with Crippen molar-refractivity contribution >= 4 is 22.4 Å². The van der Waals surface area contributed by atoms with E-state index < -0.39 is 0 Å². The van der Waals surface area contributed by atoms with E-state index in [0.29, 0.717) is 24.0 Å². The number of thiazole rings is 1. The van der Waals surface area contributed by atoms with Crippen molar-refractivity contribution in [2.24, 2.45) is 0 Å². The lowest BCUT2D eigenvalue weighted by Gasteiger charge is -2.23. The lowest BCUT2D eigenvalue weighted by Crippen LogP contribution is -2.33. The molecule has 0 aliphatic carbocycles. The Hall–Kier alpha value is -1.14. The quantitative estimate of drug-likeness (QED) is 0.917. The highest BCUT2D eigenvalue weighted by molar-refractivity contribution is 7.13. The van der Waals surface area contributed by atoms with Crippen molar-refractivity contribution in [1.29, 1.82) is 0 Å². The average molecular weight is 296 g/mol. The molecule has 6 heteroatoms. The summed E-state index contributed by atoms with van der Waals surface area (Å²) in [7, 11) is 4.24. The van der Waals surface area contributed by atoms with Gasteiger partial charge in [0, 0.05) is 30.9 Å². The van der Waals surface area contributed by atoms with Crippen molar-refractivity contribution in [2.75, 3.05) is 32.9 Å². The summed E-state index contributed by atoms with van der Waals surface area (Å²) in [5.74, 6) is 0.246. The fraction of sp³-hybridized carbons (Fsp3) is 0.714. The first kappa shape index (κ1) is 15.3. The molecule has 2 N–H and O–H groups in total. The molecule has 2 heterocycles. The van der Waals surface area contributed by atoms with Crippen LogP contribution in [0.15, 0.2) is 5.38 Å². The normalized spacial score (nSPS) is 20.1. The summed E-state index contributed by atoms with van der Waals surface area (Å²) < 4.78 is 0. The largest absolute Gasteiger partial charge is 0.375 e. The predicted octanol–water partition coefficient (Wildman–Crippen LogP) is 1.60. The molecule has 0 radical (unpaired) electrons. The summed E-state index contributed by atoms with van der Waals surface area (Å²) in [5, 5.41) is 2.52. The third kappa shape index (κ3) is 4.18. The van der Waals surface area contributed by atoms with Gasteiger partial charge >= 0.3 is 0 Å². The third-order valence-electron chi connectivity index (χ3n) is 3.95. The molecule has 0 unspecified atom stereocenters. The van der Waals surface area contributed by atoms with Crippen LogP contribution in [-0.2, 0) is 11.2 Å². The lowest BCUT2D eigenvalue weighted by atomic mass is 10.1. The van der Waals surface area contributed by atoms with Crippen LogP contribution in [0.5, 0.6) is 0 Å². The van der Waals surface area contributed by atoms with Crippen molar-refractivity contribution < 1.29 is 4.79 Å². The summed E-state index contributed by atoms with van der Waals surface area (Å²) >= 11 is 1.43. The Morgan fingerprint density at radius 1 is 1.50 bits per heavy atom. The summed E-state index contributed by atoms with van der Waals surface area (Å²) in [6.45, 7) is 1.77. The molecule has 1 saturated heterocycles. The van der Waals surface area contributed by atoms with Crippen LogP contribution < -0.4 is 5.73 Å². The predicted molar refractivity (Wildman–Crippen MR) is 82.8 cm³/mol. The number of likely N-dealkylation sites (tertiary alicyclic amines) is 1. The monoisotopic (exact) mass is 296 g/mol. The molecule has 5 nitrogen and oxygen atoms in total. The van der Waals surface area contributed by atoms with Gasteiger partial charge in [-0.25, -0.2) is 4.98 Å². The highest BCUT2D eigenvalue weighted by Crippen LogP contribution is 2.17. The van der Waals surface area contributed by atoms with E-state index in [1.807, 2.05) is 10.3 Å². The Morgan fingerprint density at radius 3 is 2.95 bits per heavy atom. The van der Waals surface area contributed by atoms with Crippen LogP contribution in [0.25, 0.3) is 0 Å². The number of amides is 1. The van der Waals surface area contributed by atoms with Crippen molar-refractivity contribution in [1.82, 2.24) is 14.8 Å². The molecule has 112 valence electrons. The van der Waals surface area contributed by atoms with Gasteiger partial charge in [0.25, 0.3) is 0 Å². The molecule has 20 heavy (non-hydrogen) atoms. The topological polar surface area (TPSA) is 62.5 Å². The Morgan fingerprint density at radius 2 is 2.30 bits per heavy atom. The molecule has 0 spiro atoms. The number of nitrogens with two attached hydrogens (primary N) is 1. The highest BCUT2D eigenvalue weighted by Gasteiger charge is 2.21. The summed E-state index contributed by atoms with van der Waals surface area (Å²) in [4.78, 5) is 20.7. The van der Waals surface area contributed by atoms with E-state index in [2.05, 4.69) is 24.0 Å². The summed E-state index contributed by atoms with van der Waals surface area (Å²) in [6, 6.07) is 0.603. The molecule has 0 saturated carbocycles. The third-order valence-corrected chi connectivity index (χ3v) is 4.67. The van der Waals surface area contributed by atoms with E-state index in [1.54, 1.807) is 0 Å². The van der Waals surface area contributed by atoms with Crippen LogP contribution in [0, 0.1) is 0 Å². The molecule has 1 aliphatic heterocycles.